The van der Waals surface area contributed by atoms with Crippen molar-refractivity contribution in [1.82, 2.24) is 4.57 Å². The van der Waals surface area contributed by atoms with Gasteiger partial charge in [-0.15, -0.1) is 0 Å². The first kappa shape index (κ1) is 9.59. The predicted octanol–water partition coefficient (Wildman–Crippen LogP) is 3.12. The van der Waals surface area contributed by atoms with E-state index in [1.807, 2.05) is 20.8 Å². The molecule has 0 saturated carbocycles. The third-order valence-corrected chi connectivity index (χ3v) is 2.27. The Balaban J connectivity index is 3.32. The molecule has 0 aromatic carbocycles. The summed E-state index contributed by atoms with van der Waals surface area (Å²) in [6.45, 7) is 5.83. The van der Waals surface area contributed by atoms with Gasteiger partial charge in [-0.2, -0.15) is 0 Å². The zero-order valence-corrected chi connectivity index (χ0v) is 8.54. The molecule has 0 atom stereocenters. The molecule has 0 N–H and O–H groups in total. The van der Waals surface area contributed by atoms with E-state index in [9.17, 15) is 4.39 Å². The molecular formula is C9H13ClFN. The number of rotatable bonds is 0. The molecule has 0 aliphatic heterocycles. The van der Waals surface area contributed by atoms with Crippen LogP contribution in [0.25, 0.3) is 0 Å². The van der Waals surface area contributed by atoms with Gasteiger partial charge in [-0.3, -0.25) is 0 Å². The van der Waals surface area contributed by atoms with Crippen LogP contribution in [0.4, 0.5) is 4.39 Å². The van der Waals surface area contributed by atoms with Crippen LogP contribution in [0, 0.1) is 5.82 Å². The normalized spacial score (nSPS) is 12.2. The van der Waals surface area contributed by atoms with Gasteiger partial charge in [-0.05, 0) is 5.41 Å². The van der Waals surface area contributed by atoms with E-state index in [4.69, 9.17) is 11.6 Å². The summed E-state index contributed by atoms with van der Waals surface area (Å²) < 4.78 is 14.9. The van der Waals surface area contributed by atoms with E-state index >= 15 is 0 Å². The molecule has 0 spiro atoms. The van der Waals surface area contributed by atoms with Gasteiger partial charge in [0.1, 0.15) is 11.0 Å². The first-order valence-electron chi connectivity index (χ1n) is 3.85. The number of halogens is 2. The van der Waals surface area contributed by atoms with E-state index in [1.54, 1.807) is 11.6 Å². The van der Waals surface area contributed by atoms with Gasteiger partial charge in [-0.1, -0.05) is 32.4 Å². The van der Waals surface area contributed by atoms with Crippen molar-refractivity contribution in [2.75, 3.05) is 0 Å². The maximum Gasteiger partial charge on any atom is 0.146 e. The standard InChI is InChI=1S/C9H13ClFN/c1-9(2,3)7-6(11)5-12(4)8(7)10/h5H,1-4H3. The minimum Gasteiger partial charge on any atom is -0.339 e. The van der Waals surface area contributed by atoms with Crippen molar-refractivity contribution >= 4 is 11.6 Å². The van der Waals surface area contributed by atoms with Crippen LogP contribution >= 0.6 is 11.6 Å². The predicted molar refractivity (Wildman–Crippen MR) is 49.1 cm³/mol. The van der Waals surface area contributed by atoms with E-state index in [0.717, 1.165) is 0 Å². The molecule has 0 aliphatic carbocycles. The van der Waals surface area contributed by atoms with Gasteiger partial charge in [-0.25, -0.2) is 4.39 Å². The van der Waals surface area contributed by atoms with Crippen LogP contribution in [0.3, 0.4) is 0 Å². The van der Waals surface area contributed by atoms with Crippen molar-refractivity contribution in [1.29, 1.82) is 0 Å². The van der Waals surface area contributed by atoms with Crippen LogP contribution in [0.1, 0.15) is 26.3 Å². The number of nitrogens with zero attached hydrogens (tertiary/aromatic N) is 1. The van der Waals surface area contributed by atoms with Gasteiger partial charge in [0.25, 0.3) is 0 Å². The maximum atomic E-state index is 13.3. The molecule has 1 heterocycles. The van der Waals surface area contributed by atoms with E-state index < -0.39 is 0 Å². The minimum atomic E-state index is -0.234. The quantitative estimate of drug-likeness (QED) is 0.591. The van der Waals surface area contributed by atoms with Crippen LogP contribution < -0.4 is 0 Å². The zero-order valence-electron chi connectivity index (χ0n) is 7.78. The molecule has 0 aliphatic rings. The fraction of sp³-hybridized carbons (Fsp3) is 0.556. The molecule has 12 heavy (non-hydrogen) atoms. The van der Waals surface area contributed by atoms with Crippen molar-refractivity contribution in [3.05, 3.63) is 22.7 Å². The van der Waals surface area contributed by atoms with Crippen LogP contribution in [-0.2, 0) is 12.5 Å². The smallest absolute Gasteiger partial charge is 0.146 e. The van der Waals surface area contributed by atoms with E-state index in [-0.39, 0.29) is 11.2 Å². The second kappa shape index (κ2) is 2.77. The van der Waals surface area contributed by atoms with Crippen molar-refractivity contribution in [3.8, 4) is 0 Å². The summed E-state index contributed by atoms with van der Waals surface area (Å²) in [5, 5.41) is 0.486. The van der Waals surface area contributed by atoms with Crippen LogP contribution in [0.15, 0.2) is 6.20 Å². The van der Waals surface area contributed by atoms with Crippen molar-refractivity contribution < 1.29 is 4.39 Å². The Morgan fingerprint density at radius 1 is 1.42 bits per heavy atom. The summed E-state index contributed by atoms with van der Waals surface area (Å²) in [5.41, 5.74) is 0.356. The highest BCUT2D eigenvalue weighted by Crippen LogP contribution is 2.32. The van der Waals surface area contributed by atoms with Crippen LogP contribution in [0.2, 0.25) is 5.15 Å². The summed E-state index contributed by atoms with van der Waals surface area (Å²) >= 11 is 5.92. The molecule has 1 rings (SSSR count). The largest absolute Gasteiger partial charge is 0.339 e. The lowest BCUT2D eigenvalue weighted by molar-refractivity contribution is 0.529. The number of aryl methyl sites for hydroxylation is 1. The summed E-state index contributed by atoms with van der Waals surface area (Å²) in [6.07, 6.45) is 1.41. The van der Waals surface area contributed by atoms with Gasteiger partial charge in [0.05, 0.1) is 0 Å². The number of aromatic nitrogens is 1. The summed E-state index contributed by atoms with van der Waals surface area (Å²) in [7, 11) is 1.74. The van der Waals surface area contributed by atoms with E-state index in [2.05, 4.69) is 0 Å². The molecule has 68 valence electrons. The van der Waals surface area contributed by atoms with E-state index in [1.165, 1.54) is 6.20 Å². The second-order valence-electron chi connectivity index (χ2n) is 4.00. The Morgan fingerprint density at radius 3 is 2.08 bits per heavy atom. The molecule has 0 radical (unpaired) electrons. The molecular weight excluding hydrogens is 177 g/mol. The lowest BCUT2D eigenvalue weighted by Gasteiger charge is -2.17. The van der Waals surface area contributed by atoms with Crippen molar-refractivity contribution in [2.45, 2.75) is 26.2 Å². The molecule has 0 amide bonds. The molecule has 0 bridgehead atoms. The van der Waals surface area contributed by atoms with Crippen molar-refractivity contribution in [2.24, 2.45) is 7.05 Å². The van der Waals surface area contributed by atoms with Crippen molar-refractivity contribution in [3.63, 3.8) is 0 Å². The Kier molecular flexibility index (Phi) is 2.21. The van der Waals surface area contributed by atoms with Gasteiger partial charge in [0.15, 0.2) is 0 Å². The molecule has 1 aromatic rings. The monoisotopic (exact) mass is 189 g/mol. The van der Waals surface area contributed by atoms with Crippen LogP contribution in [-0.4, -0.2) is 4.57 Å². The first-order valence-corrected chi connectivity index (χ1v) is 4.22. The summed E-state index contributed by atoms with van der Waals surface area (Å²) in [4.78, 5) is 0. The molecule has 0 unspecified atom stereocenters. The third kappa shape index (κ3) is 1.48. The average molecular weight is 190 g/mol. The Hall–Kier alpha value is -0.500. The molecule has 1 aromatic heterocycles. The Bertz CT molecular complexity index is 296. The second-order valence-corrected chi connectivity index (χ2v) is 4.36. The Labute approximate surface area is 77.1 Å². The molecule has 0 fully saturated rings. The number of hydrogen-bond donors (Lipinski definition) is 0. The van der Waals surface area contributed by atoms with Gasteiger partial charge < -0.3 is 4.57 Å². The highest BCUT2D eigenvalue weighted by molar-refractivity contribution is 6.30. The SMILES string of the molecule is Cn1cc(F)c(C(C)(C)C)c1Cl. The average Bonchev–Trinajstić information content (AvgIpc) is 2.05. The topological polar surface area (TPSA) is 4.93 Å². The molecule has 3 heteroatoms. The van der Waals surface area contributed by atoms with Crippen LogP contribution in [0.5, 0.6) is 0 Å². The van der Waals surface area contributed by atoms with Gasteiger partial charge in [0.2, 0.25) is 0 Å². The third-order valence-electron chi connectivity index (χ3n) is 1.81. The lowest BCUT2D eigenvalue weighted by Crippen LogP contribution is -2.12. The van der Waals surface area contributed by atoms with E-state index in [0.29, 0.717) is 10.7 Å². The lowest BCUT2D eigenvalue weighted by atomic mass is 9.89. The molecule has 0 saturated heterocycles. The highest BCUT2D eigenvalue weighted by Gasteiger charge is 2.24. The summed E-state index contributed by atoms with van der Waals surface area (Å²) in [6, 6.07) is 0. The Morgan fingerprint density at radius 2 is 1.92 bits per heavy atom. The first-order chi connectivity index (χ1) is 5.34. The van der Waals surface area contributed by atoms with Gasteiger partial charge >= 0.3 is 0 Å². The maximum absolute atomic E-state index is 13.3. The zero-order chi connectivity index (χ0) is 9.52. The highest BCUT2D eigenvalue weighted by atomic mass is 35.5. The number of hydrogen-bond acceptors (Lipinski definition) is 0. The van der Waals surface area contributed by atoms with Gasteiger partial charge in [0, 0.05) is 18.8 Å². The minimum absolute atomic E-state index is 0.227. The summed E-state index contributed by atoms with van der Waals surface area (Å²) in [5.74, 6) is -0.227. The fourth-order valence-corrected chi connectivity index (χ4v) is 1.66. The fourth-order valence-electron chi connectivity index (χ4n) is 1.23. The molecule has 1 nitrogen and oxygen atoms in total.